The second kappa shape index (κ2) is 6.18. The fourth-order valence-corrected chi connectivity index (χ4v) is 2.49. The van der Waals surface area contributed by atoms with E-state index in [1.54, 1.807) is 32.0 Å². The van der Waals surface area contributed by atoms with Gasteiger partial charge in [0, 0.05) is 12.3 Å². The number of aromatic nitrogens is 1. The first kappa shape index (κ1) is 16.0. The number of urea groups is 1. The molecule has 0 aliphatic heterocycles. The molecule has 2 rings (SSSR count). The lowest BCUT2D eigenvalue weighted by molar-refractivity contribution is 0.249. The van der Waals surface area contributed by atoms with Crippen molar-refractivity contribution in [1.29, 1.82) is 0 Å². The van der Waals surface area contributed by atoms with Crippen LogP contribution in [0.2, 0.25) is 0 Å². The fraction of sp³-hybridized carbons (Fsp3) is 0.286. The minimum Gasteiger partial charge on any atom is -0.360 e. The molecule has 2 amide bonds. The van der Waals surface area contributed by atoms with Gasteiger partial charge in [0.15, 0.2) is 15.7 Å². The highest BCUT2D eigenvalue weighted by Crippen LogP contribution is 2.16. The maximum absolute atomic E-state index is 11.8. The molecule has 1 aromatic carbocycles. The Kier molecular flexibility index (Phi) is 4.51. The maximum atomic E-state index is 11.8. The van der Waals surface area contributed by atoms with Crippen LogP contribution in [0.25, 0.3) is 0 Å². The van der Waals surface area contributed by atoms with Crippen LogP contribution >= 0.6 is 0 Å². The zero-order valence-corrected chi connectivity index (χ0v) is 13.3. The van der Waals surface area contributed by atoms with E-state index in [0.717, 1.165) is 11.8 Å². The lowest BCUT2D eigenvalue weighted by Crippen LogP contribution is -2.31. The second-order valence-electron chi connectivity index (χ2n) is 4.98. The van der Waals surface area contributed by atoms with Crippen molar-refractivity contribution in [2.75, 3.05) is 11.6 Å². The molecule has 1 unspecified atom stereocenters. The number of sulfone groups is 1. The summed E-state index contributed by atoms with van der Waals surface area (Å²) in [4.78, 5) is 12.1. The molecule has 7 nitrogen and oxygen atoms in total. The predicted octanol–water partition coefficient (Wildman–Crippen LogP) is 2.27. The molecular weight excluding hydrogens is 306 g/mol. The van der Waals surface area contributed by atoms with Crippen molar-refractivity contribution >= 4 is 21.7 Å². The number of nitrogens with zero attached hydrogens (tertiary/aromatic N) is 1. The van der Waals surface area contributed by atoms with E-state index in [2.05, 4.69) is 15.8 Å². The van der Waals surface area contributed by atoms with Crippen LogP contribution in [0.15, 0.2) is 39.8 Å². The van der Waals surface area contributed by atoms with E-state index in [4.69, 9.17) is 4.52 Å². The molecule has 8 heteroatoms. The predicted molar refractivity (Wildman–Crippen MR) is 81.4 cm³/mol. The number of aryl methyl sites for hydroxylation is 1. The van der Waals surface area contributed by atoms with Gasteiger partial charge in [0.2, 0.25) is 0 Å². The Morgan fingerprint density at radius 3 is 2.41 bits per heavy atom. The standard InChI is InChI=1S/C14H17N3O4S/c1-9-8-13(17-21-9)16-14(18)15-10(2)11-4-6-12(7-5-11)22(3,19)20/h4-8,10H,1-3H3,(H2,15,16,17,18). The number of benzene rings is 1. The number of amides is 2. The van der Waals surface area contributed by atoms with E-state index in [1.165, 1.54) is 12.1 Å². The largest absolute Gasteiger partial charge is 0.360 e. The van der Waals surface area contributed by atoms with Gasteiger partial charge >= 0.3 is 6.03 Å². The SMILES string of the molecule is Cc1cc(NC(=O)NC(C)c2ccc(S(C)(=O)=O)cc2)no1. The number of carbonyl (C=O) groups is 1. The van der Waals surface area contributed by atoms with Gasteiger partial charge in [-0.3, -0.25) is 5.32 Å². The highest BCUT2D eigenvalue weighted by atomic mass is 32.2. The van der Waals surface area contributed by atoms with Crippen molar-refractivity contribution < 1.29 is 17.7 Å². The van der Waals surface area contributed by atoms with Gasteiger partial charge in [-0.2, -0.15) is 0 Å². The molecule has 0 saturated carbocycles. The Morgan fingerprint density at radius 2 is 1.91 bits per heavy atom. The van der Waals surface area contributed by atoms with E-state index in [9.17, 15) is 13.2 Å². The molecule has 2 aromatic rings. The van der Waals surface area contributed by atoms with Crippen LogP contribution in [-0.2, 0) is 9.84 Å². The summed E-state index contributed by atoms with van der Waals surface area (Å²) in [6.07, 6.45) is 1.15. The minimum absolute atomic E-state index is 0.242. The van der Waals surface area contributed by atoms with Gasteiger partial charge in [-0.1, -0.05) is 17.3 Å². The minimum atomic E-state index is -3.23. The molecule has 0 bridgehead atoms. The van der Waals surface area contributed by atoms with Crippen molar-refractivity contribution in [3.63, 3.8) is 0 Å². The molecule has 0 radical (unpaired) electrons. The van der Waals surface area contributed by atoms with Crippen LogP contribution in [0.3, 0.4) is 0 Å². The summed E-state index contributed by atoms with van der Waals surface area (Å²) >= 11 is 0. The highest BCUT2D eigenvalue weighted by Gasteiger charge is 2.12. The van der Waals surface area contributed by atoms with Gasteiger partial charge in [-0.05, 0) is 31.5 Å². The van der Waals surface area contributed by atoms with Crippen LogP contribution in [0.4, 0.5) is 10.6 Å². The van der Waals surface area contributed by atoms with Gasteiger partial charge in [-0.25, -0.2) is 13.2 Å². The Labute approximate surface area is 128 Å². The Hall–Kier alpha value is -2.35. The van der Waals surface area contributed by atoms with Gasteiger partial charge in [0.25, 0.3) is 0 Å². The summed E-state index contributed by atoms with van der Waals surface area (Å²) in [7, 11) is -3.23. The summed E-state index contributed by atoms with van der Waals surface area (Å²) in [5.41, 5.74) is 0.791. The quantitative estimate of drug-likeness (QED) is 0.898. The normalized spacial score (nSPS) is 12.7. The van der Waals surface area contributed by atoms with Crippen LogP contribution < -0.4 is 10.6 Å². The third-order valence-electron chi connectivity index (χ3n) is 3.03. The number of rotatable bonds is 4. The molecule has 0 aliphatic rings. The zero-order chi connectivity index (χ0) is 16.3. The third kappa shape index (κ3) is 4.08. The van der Waals surface area contributed by atoms with E-state index in [1.807, 2.05) is 0 Å². The summed E-state index contributed by atoms with van der Waals surface area (Å²) in [6.45, 7) is 3.52. The average Bonchev–Trinajstić information content (AvgIpc) is 2.83. The van der Waals surface area contributed by atoms with Crippen molar-refractivity contribution in [1.82, 2.24) is 10.5 Å². The van der Waals surface area contributed by atoms with Crippen molar-refractivity contribution in [3.8, 4) is 0 Å². The van der Waals surface area contributed by atoms with Crippen LogP contribution in [-0.4, -0.2) is 25.9 Å². The topological polar surface area (TPSA) is 101 Å². The van der Waals surface area contributed by atoms with Crippen molar-refractivity contribution in [3.05, 3.63) is 41.7 Å². The molecular formula is C14H17N3O4S. The number of nitrogens with one attached hydrogen (secondary N) is 2. The molecule has 1 heterocycles. The summed E-state index contributed by atoms with van der Waals surface area (Å²) < 4.78 is 27.7. The first-order valence-electron chi connectivity index (χ1n) is 6.56. The second-order valence-corrected chi connectivity index (χ2v) is 7.00. The van der Waals surface area contributed by atoms with Crippen molar-refractivity contribution in [2.24, 2.45) is 0 Å². The first-order valence-corrected chi connectivity index (χ1v) is 8.45. The summed E-state index contributed by atoms with van der Waals surface area (Å²) in [5.74, 6) is 0.925. The smallest absolute Gasteiger partial charge is 0.320 e. The molecule has 0 aliphatic carbocycles. The first-order chi connectivity index (χ1) is 10.3. The molecule has 1 aromatic heterocycles. The van der Waals surface area contributed by atoms with Gasteiger partial charge in [-0.15, -0.1) is 0 Å². The molecule has 118 valence electrons. The molecule has 1 atom stereocenters. The lowest BCUT2D eigenvalue weighted by Gasteiger charge is -2.14. The fourth-order valence-electron chi connectivity index (χ4n) is 1.86. The molecule has 0 fully saturated rings. The monoisotopic (exact) mass is 323 g/mol. The number of anilines is 1. The average molecular weight is 323 g/mol. The van der Waals surface area contributed by atoms with E-state index >= 15 is 0 Å². The van der Waals surface area contributed by atoms with E-state index in [-0.39, 0.29) is 10.9 Å². The highest BCUT2D eigenvalue weighted by molar-refractivity contribution is 7.90. The molecule has 0 spiro atoms. The Balaban J connectivity index is 1.99. The van der Waals surface area contributed by atoms with Crippen molar-refractivity contribution in [2.45, 2.75) is 24.8 Å². The molecule has 22 heavy (non-hydrogen) atoms. The van der Waals surface area contributed by atoms with Crippen LogP contribution in [0, 0.1) is 6.92 Å². The van der Waals surface area contributed by atoms with Gasteiger partial charge < -0.3 is 9.84 Å². The lowest BCUT2D eigenvalue weighted by atomic mass is 10.1. The number of carbonyl (C=O) groups excluding carboxylic acids is 1. The maximum Gasteiger partial charge on any atom is 0.320 e. The number of hydrogen-bond donors (Lipinski definition) is 2. The molecule has 2 N–H and O–H groups in total. The van der Waals surface area contributed by atoms with E-state index in [0.29, 0.717) is 11.6 Å². The van der Waals surface area contributed by atoms with Gasteiger partial charge in [0.05, 0.1) is 10.9 Å². The van der Waals surface area contributed by atoms with Gasteiger partial charge in [0.1, 0.15) is 5.76 Å². The van der Waals surface area contributed by atoms with Crippen LogP contribution in [0.1, 0.15) is 24.3 Å². The Morgan fingerprint density at radius 1 is 1.27 bits per heavy atom. The third-order valence-corrected chi connectivity index (χ3v) is 4.15. The van der Waals surface area contributed by atoms with Crippen LogP contribution in [0.5, 0.6) is 0 Å². The van der Waals surface area contributed by atoms with E-state index < -0.39 is 15.9 Å². The Bertz CT molecular complexity index is 766. The number of hydrogen-bond acceptors (Lipinski definition) is 5. The summed E-state index contributed by atoms with van der Waals surface area (Å²) in [5, 5.41) is 8.94. The molecule has 0 saturated heterocycles. The summed E-state index contributed by atoms with van der Waals surface area (Å²) in [6, 6.07) is 7.26. The zero-order valence-electron chi connectivity index (χ0n) is 12.5.